The Balaban J connectivity index is 2.54. The van der Waals surface area contributed by atoms with E-state index in [1.807, 2.05) is 0 Å². The lowest BCUT2D eigenvalue weighted by Gasteiger charge is -2.06. The van der Waals surface area contributed by atoms with Gasteiger partial charge in [0, 0.05) is 18.7 Å². The van der Waals surface area contributed by atoms with Gasteiger partial charge in [-0.1, -0.05) is 11.3 Å². The highest BCUT2D eigenvalue weighted by Gasteiger charge is 2.16. The number of methoxy groups -OCH3 is 2. The second kappa shape index (κ2) is 7.23. The van der Waals surface area contributed by atoms with Gasteiger partial charge in [0.2, 0.25) is 0 Å². The number of hydrogen-bond donors (Lipinski definition) is 1. The Morgan fingerprint density at radius 2 is 2.13 bits per heavy atom. The number of ether oxygens (including phenoxy) is 2. The number of carbonyl (C=O) groups is 1. The molecule has 1 N–H and O–H groups in total. The first kappa shape index (κ1) is 17.0. The first-order valence-corrected chi connectivity index (χ1v) is 7.61. The third-order valence-electron chi connectivity index (χ3n) is 3.16. The van der Waals surface area contributed by atoms with Gasteiger partial charge >= 0.3 is 5.97 Å². The second-order valence-corrected chi connectivity index (χ2v) is 5.65. The molecule has 0 radical (unpaired) electrons. The first-order chi connectivity index (χ1) is 11.0. The molecule has 0 saturated carbocycles. The molecule has 7 heteroatoms. The van der Waals surface area contributed by atoms with E-state index in [1.54, 1.807) is 26.1 Å². The van der Waals surface area contributed by atoms with E-state index in [0.717, 1.165) is 4.88 Å². The van der Waals surface area contributed by atoms with Gasteiger partial charge < -0.3 is 14.8 Å². The summed E-state index contributed by atoms with van der Waals surface area (Å²) >= 11 is 1.38. The van der Waals surface area contributed by atoms with Crippen molar-refractivity contribution in [2.75, 3.05) is 26.6 Å². The smallest absolute Gasteiger partial charge is 0.330 e. The Morgan fingerprint density at radius 3 is 2.70 bits per heavy atom. The fourth-order valence-corrected chi connectivity index (χ4v) is 2.92. The lowest BCUT2D eigenvalue weighted by Crippen LogP contribution is -1.96. The van der Waals surface area contributed by atoms with E-state index in [0.29, 0.717) is 22.0 Å². The number of anilines is 1. The molecule has 1 heterocycles. The van der Waals surface area contributed by atoms with E-state index in [1.165, 1.54) is 37.7 Å². The predicted octanol–water partition coefficient (Wildman–Crippen LogP) is 3.58. The maximum atomic E-state index is 14.0. The van der Waals surface area contributed by atoms with Gasteiger partial charge in [-0.05, 0) is 30.7 Å². The molecule has 1 aromatic heterocycles. The van der Waals surface area contributed by atoms with Gasteiger partial charge in [-0.3, -0.25) is 0 Å². The SMILES string of the molecule is CNc1nc(-c2ccc(OC)c(F)c2)c(/C(C)=C/C(=O)OC)s1. The van der Waals surface area contributed by atoms with Crippen molar-refractivity contribution < 1.29 is 18.7 Å². The Labute approximate surface area is 137 Å². The molecule has 5 nitrogen and oxygen atoms in total. The van der Waals surface area contributed by atoms with Crippen molar-refractivity contribution in [3.05, 3.63) is 35.0 Å². The van der Waals surface area contributed by atoms with Gasteiger partial charge in [-0.15, -0.1) is 0 Å². The Hall–Kier alpha value is -2.41. The fraction of sp³-hybridized carbons (Fsp3) is 0.250. The van der Waals surface area contributed by atoms with Gasteiger partial charge in [-0.2, -0.15) is 0 Å². The first-order valence-electron chi connectivity index (χ1n) is 6.79. The van der Waals surface area contributed by atoms with Crippen LogP contribution in [0.2, 0.25) is 0 Å². The monoisotopic (exact) mass is 336 g/mol. The lowest BCUT2D eigenvalue weighted by molar-refractivity contribution is -0.134. The van der Waals surface area contributed by atoms with Crippen LogP contribution < -0.4 is 10.1 Å². The summed E-state index contributed by atoms with van der Waals surface area (Å²) in [5.41, 5.74) is 1.90. The number of halogens is 1. The topological polar surface area (TPSA) is 60.5 Å². The molecule has 2 aromatic rings. The molecule has 0 aliphatic rings. The summed E-state index contributed by atoms with van der Waals surface area (Å²) in [5.74, 6) is -0.750. The van der Waals surface area contributed by atoms with E-state index >= 15 is 0 Å². The molecule has 0 amide bonds. The highest BCUT2D eigenvalue weighted by Crippen LogP contribution is 2.37. The molecule has 0 aliphatic heterocycles. The zero-order valence-electron chi connectivity index (χ0n) is 13.3. The summed E-state index contributed by atoms with van der Waals surface area (Å²) in [7, 11) is 4.48. The zero-order chi connectivity index (χ0) is 17.0. The molecule has 122 valence electrons. The van der Waals surface area contributed by atoms with Crippen molar-refractivity contribution in [2.24, 2.45) is 0 Å². The zero-order valence-corrected chi connectivity index (χ0v) is 14.1. The average molecular weight is 336 g/mol. The highest BCUT2D eigenvalue weighted by molar-refractivity contribution is 7.17. The Bertz CT molecular complexity index is 756. The number of aromatic nitrogens is 1. The van der Waals surface area contributed by atoms with E-state index in [-0.39, 0.29) is 5.75 Å². The molecule has 0 fully saturated rings. The van der Waals surface area contributed by atoms with Gasteiger partial charge in [0.25, 0.3) is 0 Å². The van der Waals surface area contributed by atoms with Gasteiger partial charge in [0.05, 0.1) is 24.8 Å². The third-order valence-corrected chi connectivity index (χ3v) is 4.37. The van der Waals surface area contributed by atoms with Crippen LogP contribution in [-0.2, 0) is 9.53 Å². The number of allylic oxidation sites excluding steroid dienone is 1. The normalized spacial score (nSPS) is 11.3. The number of nitrogens with zero attached hydrogens (tertiary/aromatic N) is 1. The molecular formula is C16H17FN2O3S. The minimum Gasteiger partial charge on any atom is -0.494 e. The van der Waals surface area contributed by atoms with Crippen LogP contribution in [-0.4, -0.2) is 32.2 Å². The molecule has 0 saturated heterocycles. The summed E-state index contributed by atoms with van der Waals surface area (Å²) in [6, 6.07) is 4.64. The summed E-state index contributed by atoms with van der Waals surface area (Å²) in [6.07, 6.45) is 1.39. The average Bonchev–Trinajstić information content (AvgIpc) is 2.99. The number of hydrogen-bond acceptors (Lipinski definition) is 6. The van der Waals surface area contributed by atoms with Gasteiger partial charge in [0.1, 0.15) is 0 Å². The van der Waals surface area contributed by atoms with Gasteiger partial charge in [0.15, 0.2) is 16.7 Å². The van der Waals surface area contributed by atoms with Crippen molar-refractivity contribution in [3.8, 4) is 17.0 Å². The predicted molar refractivity (Wildman–Crippen MR) is 89.3 cm³/mol. The molecule has 2 rings (SSSR count). The van der Waals surface area contributed by atoms with Crippen LogP contribution in [0.25, 0.3) is 16.8 Å². The van der Waals surface area contributed by atoms with Crippen molar-refractivity contribution in [3.63, 3.8) is 0 Å². The molecule has 0 atom stereocenters. The molecular weight excluding hydrogens is 319 g/mol. The summed E-state index contributed by atoms with van der Waals surface area (Å²) < 4.78 is 23.5. The van der Waals surface area contributed by atoms with Crippen LogP contribution in [0.1, 0.15) is 11.8 Å². The molecule has 23 heavy (non-hydrogen) atoms. The van der Waals surface area contributed by atoms with Gasteiger partial charge in [-0.25, -0.2) is 14.2 Å². The molecule has 1 aromatic carbocycles. The molecule has 0 bridgehead atoms. The number of rotatable bonds is 5. The van der Waals surface area contributed by atoms with Crippen LogP contribution in [0, 0.1) is 5.82 Å². The molecule has 0 unspecified atom stereocenters. The second-order valence-electron chi connectivity index (χ2n) is 4.65. The Morgan fingerprint density at radius 1 is 1.39 bits per heavy atom. The van der Waals surface area contributed by atoms with Crippen LogP contribution in [0.3, 0.4) is 0 Å². The standard InChI is InChI=1S/C16H17FN2O3S/c1-9(7-13(20)22-4)15-14(19-16(18-2)23-15)10-5-6-12(21-3)11(17)8-10/h5-8H,1-4H3,(H,18,19)/b9-7+. The van der Waals surface area contributed by atoms with Crippen LogP contribution in [0.4, 0.5) is 9.52 Å². The summed E-state index contributed by atoms with van der Waals surface area (Å²) in [6.45, 7) is 1.78. The fourth-order valence-electron chi connectivity index (χ4n) is 2.00. The van der Waals surface area contributed by atoms with Crippen LogP contribution >= 0.6 is 11.3 Å². The number of carbonyl (C=O) groups excluding carboxylic acids is 1. The number of esters is 1. The minimum absolute atomic E-state index is 0.168. The maximum Gasteiger partial charge on any atom is 0.330 e. The summed E-state index contributed by atoms with van der Waals surface area (Å²) in [4.78, 5) is 16.7. The van der Waals surface area contributed by atoms with Crippen molar-refractivity contribution in [1.82, 2.24) is 4.98 Å². The molecule has 0 aliphatic carbocycles. The van der Waals surface area contributed by atoms with E-state index in [4.69, 9.17) is 4.74 Å². The largest absolute Gasteiger partial charge is 0.494 e. The number of thiazole rings is 1. The van der Waals surface area contributed by atoms with E-state index in [9.17, 15) is 9.18 Å². The minimum atomic E-state index is -0.468. The number of benzene rings is 1. The van der Waals surface area contributed by atoms with Crippen molar-refractivity contribution >= 4 is 28.0 Å². The van der Waals surface area contributed by atoms with E-state index in [2.05, 4.69) is 15.0 Å². The van der Waals surface area contributed by atoms with Crippen molar-refractivity contribution in [1.29, 1.82) is 0 Å². The van der Waals surface area contributed by atoms with Crippen LogP contribution in [0.15, 0.2) is 24.3 Å². The van der Waals surface area contributed by atoms with E-state index < -0.39 is 11.8 Å². The highest BCUT2D eigenvalue weighted by atomic mass is 32.1. The summed E-state index contributed by atoms with van der Waals surface area (Å²) in [5, 5.41) is 3.63. The van der Waals surface area contributed by atoms with Crippen LogP contribution in [0.5, 0.6) is 5.75 Å². The maximum absolute atomic E-state index is 14.0. The Kier molecular flexibility index (Phi) is 5.33. The number of nitrogens with one attached hydrogen (secondary N) is 1. The quantitative estimate of drug-likeness (QED) is 0.668. The molecule has 0 spiro atoms. The lowest BCUT2D eigenvalue weighted by atomic mass is 10.1. The third kappa shape index (κ3) is 3.68. The van der Waals surface area contributed by atoms with Crippen molar-refractivity contribution in [2.45, 2.75) is 6.92 Å².